The minimum absolute atomic E-state index is 0.126. The first kappa shape index (κ1) is 19.4. The van der Waals surface area contributed by atoms with Crippen molar-refractivity contribution >= 4 is 11.9 Å². The molecule has 138 valence electrons. The van der Waals surface area contributed by atoms with Crippen molar-refractivity contribution in [3.63, 3.8) is 0 Å². The first-order chi connectivity index (χ1) is 12.3. The summed E-state index contributed by atoms with van der Waals surface area (Å²) in [6, 6.07) is 9.80. The number of esters is 1. The van der Waals surface area contributed by atoms with E-state index < -0.39 is 36.0 Å². The van der Waals surface area contributed by atoms with Gasteiger partial charge in [0.15, 0.2) is 6.61 Å². The summed E-state index contributed by atoms with van der Waals surface area (Å²) < 4.78 is 55.9. The van der Waals surface area contributed by atoms with E-state index >= 15 is 0 Å². The number of alkyl halides is 3. The van der Waals surface area contributed by atoms with Crippen LogP contribution in [-0.4, -0.2) is 25.0 Å². The van der Waals surface area contributed by atoms with Gasteiger partial charge in [0.05, 0.1) is 11.1 Å². The largest absolute Gasteiger partial charge is 0.452 e. The van der Waals surface area contributed by atoms with Crippen LogP contribution in [0.5, 0.6) is 0 Å². The van der Waals surface area contributed by atoms with E-state index in [2.05, 4.69) is 5.32 Å². The second kappa shape index (κ2) is 8.46. The molecule has 0 aliphatic heterocycles. The lowest BCUT2D eigenvalue weighted by Gasteiger charge is -2.09. The minimum Gasteiger partial charge on any atom is -0.452 e. The topological polar surface area (TPSA) is 55.4 Å². The summed E-state index contributed by atoms with van der Waals surface area (Å²) in [5, 5.41) is 2.44. The monoisotopic (exact) mass is 369 g/mol. The Morgan fingerprint density at radius 2 is 1.77 bits per heavy atom. The van der Waals surface area contributed by atoms with E-state index in [1.807, 2.05) is 0 Å². The predicted octanol–water partition coefficient (Wildman–Crippen LogP) is 3.36. The molecule has 1 amide bonds. The van der Waals surface area contributed by atoms with E-state index in [-0.39, 0.29) is 18.5 Å². The van der Waals surface area contributed by atoms with Crippen LogP contribution in [0.25, 0.3) is 0 Å². The van der Waals surface area contributed by atoms with Gasteiger partial charge in [-0.05, 0) is 36.2 Å². The molecule has 0 bridgehead atoms. The van der Waals surface area contributed by atoms with Crippen molar-refractivity contribution in [2.24, 2.45) is 0 Å². The summed E-state index contributed by atoms with van der Waals surface area (Å²) in [7, 11) is 0. The van der Waals surface area contributed by atoms with Gasteiger partial charge in [-0.1, -0.05) is 24.3 Å². The highest BCUT2D eigenvalue weighted by Gasteiger charge is 2.31. The van der Waals surface area contributed by atoms with E-state index in [0.29, 0.717) is 11.6 Å². The van der Waals surface area contributed by atoms with Gasteiger partial charge in [0.25, 0.3) is 5.91 Å². The molecule has 0 fully saturated rings. The van der Waals surface area contributed by atoms with Crippen LogP contribution in [0, 0.1) is 5.82 Å². The van der Waals surface area contributed by atoms with Gasteiger partial charge in [-0.3, -0.25) is 4.79 Å². The Labute approximate surface area is 146 Å². The van der Waals surface area contributed by atoms with Crippen molar-refractivity contribution in [2.75, 3.05) is 13.2 Å². The minimum atomic E-state index is -4.58. The third-order valence-electron chi connectivity index (χ3n) is 3.43. The van der Waals surface area contributed by atoms with E-state index in [9.17, 15) is 27.2 Å². The van der Waals surface area contributed by atoms with Crippen LogP contribution in [0.15, 0.2) is 48.5 Å². The zero-order valence-corrected chi connectivity index (χ0v) is 13.5. The molecule has 8 heteroatoms. The van der Waals surface area contributed by atoms with Crippen LogP contribution in [0.1, 0.15) is 21.5 Å². The standard InChI is InChI=1S/C18H15F4NO3/c19-15-7-2-1-4-12(15)8-9-23-16(24)11-26-17(25)13-5-3-6-14(10-13)18(20,21)22/h1-7,10H,8-9,11H2,(H,23,24). The lowest BCUT2D eigenvalue weighted by atomic mass is 10.1. The van der Waals surface area contributed by atoms with Crippen molar-refractivity contribution in [3.05, 3.63) is 71.0 Å². The molecule has 0 aliphatic rings. The van der Waals surface area contributed by atoms with Gasteiger partial charge in [0.2, 0.25) is 0 Å². The summed E-state index contributed by atoms with van der Waals surface area (Å²) in [6.45, 7) is -0.521. The molecule has 2 rings (SSSR count). The number of nitrogens with one attached hydrogen (secondary N) is 1. The maximum atomic E-state index is 13.4. The van der Waals surface area contributed by atoms with E-state index in [1.54, 1.807) is 18.2 Å². The number of benzene rings is 2. The van der Waals surface area contributed by atoms with Gasteiger partial charge in [-0.15, -0.1) is 0 Å². The number of rotatable bonds is 6. The first-order valence-corrected chi connectivity index (χ1v) is 7.62. The number of hydrogen-bond acceptors (Lipinski definition) is 3. The van der Waals surface area contributed by atoms with Crippen LogP contribution in [0.3, 0.4) is 0 Å². The third kappa shape index (κ3) is 5.58. The number of hydrogen-bond donors (Lipinski definition) is 1. The van der Waals surface area contributed by atoms with Crippen LogP contribution in [0.2, 0.25) is 0 Å². The van der Waals surface area contributed by atoms with Crippen LogP contribution in [0.4, 0.5) is 17.6 Å². The van der Waals surface area contributed by atoms with Crippen LogP contribution in [-0.2, 0) is 22.1 Å². The molecular formula is C18H15F4NO3. The van der Waals surface area contributed by atoms with Crippen molar-refractivity contribution in [3.8, 4) is 0 Å². The molecule has 2 aromatic rings. The Hall–Kier alpha value is -2.90. The fourth-order valence-electron chi connectivity index (χ4n) is 2.13. The maximum absolute atomic E-state index is 13.4. The number of carbonyl (C=O) groups is 2. The van der Waals surface area contributed by atoms with E-state index in [1.165, 1.54) is 6.07 Å². The summed E-state index contributed by atoms with van der Waals surface area (Å²) in [5.74, 6) is -2.07. The molecular weight excluding hydrogens is 354 g/mol. The lowest BCUT2D eigenvalue weighted by Crippen LogP contribution is -2.30. The molecule has 0 radical (unpaired) electrons. The highest BCUT2D eigenvalue weighted by atomic mass is 19.4. The average molecular weight is 369 g/mol. The molecule has 0 spiro atoms. The molecule has 4 nitrogen and oxygen atoms in total. The Bertz CT molecular complexity index is 790. The van der Waals surface area contributed by atoms with Gasteiger partial charge in [0.1, 0.15) is 5.82 Å². The number of ether oxygens (including phenoxy) is 1. The summed E-state index contributed by atoms with van der Waals surface area (Å²) in [6.07, 6.45) is -4.33. The van der Waals surface area contributed by atoms with E-state index in [4.69, 9.17) is 4.74 Å². The third-order valence-corrected chi connectivity index (χ3v) is 3.43. The number of carbonyl (C=O) groups excluding carboxylic acids is 2. The molecule has 26 heavy (non-hydrogen) atoms. The highest BCUT2D eigenvalue weighted by Crippen LogP contribution is 2.29. The van der Waals surface area contributed by atoms with Crippen molar-refractivity contribution in [1.29, 1.82) is 0 Å². The average Bonchev–Trinajstić information content (AvgIpc) is 2.60. The lowest BCUT2D eigenvalue weighted by molar-refractivity contribution is -0.137. The Kier molecular flexibility index (Phi) is 6.32. The molecule has 0 saturated carbocycles. The van der Waals surface area contributed by atoms with E-state index in [0.717, 1.165) is 18.2 Å². The van der Waals surface area contributed by atoms with Gasteiger partial charge < -0.3 is 10.1 Å². The molecule has 0 unspecified atom stereocenters. The Morgan fingerprint density at radius 3 is 2.46 bits per heavy atom. The molecule has 2 aromatic carbocycles. The van der Waals surface area contributed by atoms with Gasteiger partial charge >= 0.3 is 12.1 Å². The normalized spacial score (nSPS) is 11.1. The molecule has 1 N–H and O–H groups in total. The molecule has 0 saturated heterocycles. The SMILES string of the molecule is O=C(COC(=O)c1cccc(C(F)(F)F)c1)NCCc1ccccc1F. The van der Waals surface area contributed by atoms with Gasteiger partial charge in [-0.2, -0.15) is 13.2 Å². The summed E-state index contributed by atoms with van der Waals surface area (Å²) in [5.41, 5.74) is -0.867. The quantitative estimate of drug-likeness (QED) is 0.628. The zero-order valence-electron chi connectivity index (χ0n) is 13.5. The molecule has 0 heterocycles. The fourth-order valence-corrected chi connectivity index (χ4v) is 2.13. The summed E-state index contributed by atoms with van der Waals surface area (Å²) >= 11 is 0. The molecule has 0 atom stereocenters. The predicted molar refractivity (Wildman–Crippen MR) is 84.8 cm³/mol. The molecule has 0 aromatic heterocycles. The van der Waals surface area contributed by atoms with Crippen LogP contribution < -0.4 is 5.32 Å². The fraction of sp³-hybridized carbons (Fsp3) is 0.222. The van der Waals surface area contributed by atoms with Crippen molar-refractivity contribution in [1.82, 2.24) is 5.32 Å². The van der Waals surface area contributed by atoms with Gasteiger partial charge in [0, 0.05) is 6.54 Å². The van der Waals surface area contributed by atoms with Crippen molar-refractivity contribution < 1.29 is 31.9 Å². The molecule has 0 aliphatic carbocycles. The van der Waals surface area contributed by atoms with Gasteiger partial charge in [-0.25, -0.2) is 9.18 Å². The number of amides is 1. The summed E-state index contributed by atoms with van der Waals surface area (Å²) in [4.78, 5) is 23.4. The second-order valence-corrected chi connectivity index (χ2v) is 5.35. The second-order valence-electron chi connectivity index (χ2n) is 5.35. The number of halogens is 4. The highest BCUT2D eigenvalue weighted by molar-refractivity contribution is 5.91. The Morgan fingerprint density at radius 1 is 1.04 bits per heavy atom. The first-order valence-electron chi connectivity index (χ1n) is 7.62. The smallest absolute Gasteiger partial charge is 0.416 e. The Balaban J connectivity index is 1.80. The van der Waals surface area contributed by atoms with Crippen molar-refractivity contribution in [2.45, 2.75) is 12.6 Å². The maximum Gasteiger partial charge on any atom is 0.416 e. The zero-order chi connectivity index (χ0) is 19.2. The van der Waals surface area contributed by atoms with Crippen LogP contribution >= 0.6 is 0 Å².